The summed E-state index contributed by atoms with van der Waals surface area (Å²) in [5, 5.41) is 8.22. The minimum Gasteiger partial charge on any atom is -0.367 e. The summed E-state index contributed by atoms with van der Waals surface area (Å²) >= 11 is 4.73. The Labute approximate surface area is 68.9 Å². The van der Waals surface area contributed by atoms with Crippen molar-refractivity contribution in [2.24, 2.45) is 0 Å². The van der Waals surface area contributed by atoms with E-state index in [0.717, 1.165) is 0 Å². The van der Waals surface area contributed by atoms with Crippen LogP contribution in [0.25, 0.3) is 0 Å². The molecular weight excluding hydrogens is 210 g/mol. The highest BCUT2D eigenvalue weighted by Gasteiger charge is 2.60. The molecule has 74 valence electrons. The Bertz CT molecular complexity index is 147. The van der Waals surface area contributed by atoms with Crippen molar-refractivity contribution in [1.82, 2.24) is 0 Å². The van der Waals surface area contributed by atoms with Crippen LogP contribution in [0.4, 0.5) is 22.0 Å². The van der Waals surface area contributed by atoms with Crippen molar-refractivity contribution in [3.8, 4) is 0 Å². The average molecular weight is 215 g/mol. The molecule has 0 radical (unpaired) electrons. The van der Waals surface area contributed by atoms with E-state index in [0.29, 0.717) is 0 Å². The normalized spacial score (nSPS) is 16.2. The van der Waals surface area contributed by atoms with E-state index in [4.69, 9.17) is 16.7 Å². The second-order valence-corrected chi connectivity index (χ2v) is 2.05. The molecule has 2 nitrogen and oxygen atoms in total. The summed E-state index contributed by atoms with van der Waals surface area (Å²) in [4.78, 5) is 0. The van der Waals surface area contributed by atoms with E-state index < -0.39 is 24.5 Å². The molecule has 0 aliphatic heterocycles. The van der Waals surface area contributed by atoms with Crippen LogP contribution in [0.2, 0.25) is 0 Å². The van der Waals surface area contributed by atoms with Crippen molar-refractivity contribution in [3.05, 3.63) is 0 Å². The fraction of sp³-hybridized carbons (Fsp3) is 1.00. The van der Waals surface area contributed by atoms with Gasteiger partial charge in [-0.3, -0.25) is 4.74 Å². The van der Waals surface area contributed by atoms with Gasteiger partial charge in [0.2, 0.25) is 0 Å². The van der Waals surface area contributed by atoms with E-state index in [2.05, 4.69) is 4.74 Å². The Kier molecular flexibility index (Phi) is 3.67. The van der Waals surface area contributed by atoms with Gasteiger partial charge in [0.15, 0.2) is 6.29 Å². The van der Waals surface area contributed by atoms with E-state index in [1.54, 1.807) is 0 Å². The van der Waals surface area contributed by atoms with Crippen molar-refractivity contribution in [1.29, 1.82) is 0 Å². The van der Waals surface area contributed by atoms with Gasteiger partial charge in [0, 0.05) is 0 Å². The van der Waals surface area contributed by atoms with Crippen LogP contribution in [-0.2, 0) is 4.74 Å². The van der Waals surface area contributed by atoms with Gasteiger partial charge in [-0.05, 0) is 0 Å². The average Bonchev–Trinajstić information content (AvgIpc) is 1.84. The third-order valence-corrected chi connectivity index (χ3v) is 1.01. The van der Waals surface area contributed by atoms with Crippen LogP contribution in [0.15, 0.2) is 0 Å². The molecule has 0 rings (SSSR count). The highest BCUT2D eigenvalue weighted by atomic mass is 35.5. The molecule has 8 heteroatoms. The SMILES string of the molecule is OC(CCl)OC(F)(F)C(F)(F)F. The van der Waals surface area contributed by atoms with Crippen LogP contribution in [-0.4, -0.2) is 29.6 Å². The second kappa shape index (κ2) is 3.71. The van der Waals surface area contributed by atoms with E-state index in [-0.39, 0.29) is 0 Å². The maximum absolute atomic E-state index is 11.8. The first-order valence-corrected chi connectivity index (χ1v) is 3.10. The third-order valence-electron chi connectivity index (χ3n) is 0.746. The lowest BCUT2D eigenvalue weighted by Crippen LogP contribution is -2.42. The molecule has 0 aliphatic rings. The molecule has 0 aromatic rings. The summed E-state index contributed by atoms with van der Waals surface area (Å²) < 4.78 is 60.4. The molecule has 0 amide bonds. The van der Waals surface area contributed by atoms with Crippen molar-refractivity contribution in [2.45, 2.75) is 18.6 Å². The van der Waals surface area contributed by atoms with Crippen LogP contribution < -0.4 is 0 Å². The molecule has 0 aromatic carbocycles. The third kappa shape index (κ3) is 3.08. The minimum atomic E-state index is -5.85. The monoisotopic (exact) mass is 214 g/mol. The Morgan fingerprint density at radius 2 is 1.67 bits per heavy atom. The topological polar surface area (TPSA) is 29.5 Å². The number of ether oxygens (including phenoxy) is 1. The Morgan fingerprint density at radius 3 is 1.92 bits per heavy atom. The highest BCUT2D eigenvalue weighted by molar-refractivity contribution is 6.18. The van der Waals surface area contributed by atoms with Gasteiger partial charge < -0.3 is 5.11 Å². The molecule has 0 fully saturated rings. The first-order chi connectivity index (χ1) is 5.20. The summed E-state index contributed by atoms with van der Waals surface area (Å²) in [5.41, 5.74) is 0. The van der Waals surface area contributed by atoms with Crippen LogP contribution in [0.5, 0.6) is 0 Å². The van der Waals surface area contributed by atoms with E-state index in [1.807, 2.05) is 0 Å². The number of halogens is 6. The number of hydrogen-bond donors (Lipinski definition) is 1. The lowest BCUT2D eigenvalue weighted by molar-refractivity contribution is -0.417. The van der Waals surface area contributed by atoms with Crippen LogP contribution >= 0.6 is 11.6 Å². The maximum Gasteiger partial charge on any atom is 0.483 e. The lowest BCUT2D eigenvalue weighted by atomic mass is 10.6. The molecule has 1 unspecified atom stereocenters. The molecule has 0 spiro atoms. The molecule has 0 saturated carbocycles. The summed E-state index contributed by atoms with van der Waals surface area (Å²) in [6.45, 7) is 0. The largest absolute Gasteiger partial charge is 0.483 e. The summed E-state index contributed by atoms with van der Waals surface area (Å²) in [6, 6.07) is 0. The van der Waals surface area contributed by atoms with Crippen molar-refractivity contribution >= 4 is 11.6 Å². The number of alkyl halides is 6. The predicted molar refractivity (Wildman–Crippen MR) is 28.8 cm³/mol. The van der Waals surface area contributed by atoms with Gasteiger partial charge in [-0.1, -0.05) is 0 Å². The lowest BCUT2D eigenvalue weighted by Gasteiger charge is -2.21. The Hall–Kier alpha value is -0.140. The van der Waals surface area contributed by atoms with Crippen molar-refractivity contribution in [2.75, 3.05) is 5.88 Å². The van der Waals surface area contributed by atoms with Crippen molar-refractivity contribution < 1.29 is 31.8 Å². The fourth-order valence-corrected chi connectivity index (χ4v) is 0.332. The zero-order valence-electron chi connectivity index (χ0n) is 5.41. The van der Waals surface area contributed by atoms with Gasteiger partial charge in [-0.15, -0.1) is 11.6 Å². The highest BCUT2D eigenvalue weighted by Crippen LogP contribution is 2.36. The number of aliphatic hydroxyl groups is 1. The first kappa shape index (κ1) is 11.9. The van der Waals surface area contributed by atoms with Gasteiger partial charge in [0.25, 0.3) is 0 Å². The fourth-order valence-electron chi connectivity index (χ4n) is 0.269. The Morgan fingerprint density at radius 1 is 1.25 bits per heavy atom. The van der Waals surface area contributed by atoms with Crippen LogP contribution in [0, 0.1) is 0 Å². The quantitative estimate of drug-likeness (QED) is 0.440. The smallest absolute Gasteiger partial charge is 0.367 e. The van der Waals surface area contributed by atoms with Gasteiger partial charge in [0.1, 0.15) is 0 Å². The van der Waals surface area contributed by atoms with Gasteiger partial charge in [-0.2, -0.15) is 22.0 Å². The van der Waals surface area contributed by atoms with Gasteiger partial charge in [0.05, 0.1) is 5.88 Å². The number of rotatable bonds is 3. The van der Waals surface area contributed by atoms with Crippen LogP contribution in [0.3, 0.4) is 0 Å². The molecule has 1 N–H and O–H groups in total. The minimum absolute atomic E-state index is 0.869. The van der Waals surface area contributed by atoms with E-state index in [9.17, 15) is 22.0 Å². The van der Waals surface area contributed by atoms with Crippen LogP contribution in [0.1, 0.15) is 0 Å². The zero-order chi connectivity index (χ0) is 9.99. The summed E-state index contributed by atoms with van der Waals surface area (Å²) in [6.07, 6.45) is -13.6. The standard InChI is InChI=1S/C4H4ClF5O2/c5-1-2(11)12-4(9,10)3(6,7)8/h2,11H,1H2. The molecule has 0 aromatic heterocycles. The second-order valence-electron chi connectivity index (χ2n) is 1.74. The van der Waals surface area contributed by atoms with E-state index in [1.165, 1.54) is 0 Å². The molecule has 0 aliphatic carbocycles. The van der Waals surface area contributed by atoms with Gasteiger partial charge in [-0.25, -0.2) is 0 Å². The van der Waals surface area contributed by atoms with E-state index >= 15 is 0 Å². The Balaban J connectivity index is 4.22. The predicted octanol–water partition coefficient (Wildman–Crippen LogP) is 1.72. The molecule has 0 bridgehead atoms. The molecule has 0 heterocycles. The summed E-state index contributed by atoms with van der Waals surface area (Å²) in [7, 11) is 0. The van der Waals surface area contributed by atoms with Crippen molar-refractivity contribution in [3.63, 3.8) is 0 Å². The first-order valence-electron chi connectivity index (χ1n) is 2.57. The summed E-state index contributed by atoms with van der Waals surface area (Å²) in [5.74, 6) is -0.869. The number of aliphatic hydroxyl groups excluding tert-OH is 1. The molecule has 0 saturated heterocycles. The molecule has 12 heavy (non-hydrogen) atoms. The molecular formula is C4H4ClF5O2. The number of hydrogen-bond acceptors (Lipinski definition) is 2. The maximum atomic E-state index is 11.8. The van der Waals surface area contributed by atoms with Gasteiger partial charge >= 0.3 is 12.3 Å². The zero-order valence-corrected chi connectivity index (χ0v) is 6.16. The molecule has 1 atom stereocenters.